The first kappa shape index (κ1) is 9.01. The predicted molar refractivity (Wildman–Crippen MR) is 45.1 cm³/mol. The van der Waals surface area contributed by atoms with Gasteiger partial charge in [0.1, 0.15) is 0 Å². The molecule has 1 aliphatic rings. The average Bonchev–Trinajstić information content (AvgIpc) is 2.01. The first-order chi connectivity index (χ1) is 5.33. The number of methoxy groups -OCH3 is 1. The SMILES string of the molecule is COCCC1[C]N(C)CCC1. The quantitative estimate of drug-likeness (QED) is 0.611. The molecule has 1 aliphatic heterocycles. The second-order valence-corrected chi connectivity index (χ2v) is 3.17. The summed E-state index contributed by atoms with van der Waals surface area (Å²) in [5, 5.41) is 0. The molecule has 0 aliphatic carbocycles. The van der Waals surface area contributed by atoms with Crippen molar-refractivity contribution in [3.05, 3.63) is 6.54 Å². The van der Waals surface area contributed by atoms with E-state index < -0.39 is 0 Å². The summed E-state index contributed by atoms with van der Waals surface area (Å²) in [6.45, 7) is 5.44. The van der Waals surface area contributed by atoms with E-state index >= 15 is 0 Å². The lowest BCUT2D eigenvalue weighted by molar-refractivity contribution is 0.161. The van der Waals surface area contributed by atoms with Gasteiger partial charge in [0.2, 0.25) is 0 Å². The molecule has 1 rings (SSSR count). The number of rotatable bonds is 3. The van der Waals surface area contributed by atoms with Crippen LogP contribution in [0.25, 0.3) is 0 Å². The second kappa shape index (κ2) is 4.73. The number of hydrogen-bond acceptors (Lipinski definition) is 2. The van der Waals surface area contributed by atoms with E-state index in [0.717, 1.165) is 13.0 Å². The predicted octanol–water partition coefficient (Wildman–Crippen LogP) is 1.40. The van der Waals surface area contributed by atoms with Crippen LogP contribution >= 0.6 is 0 Å². The molecule has 0 aromatic carbocycles. The molecule has 0 saturated carbocycles. The summed E-state index contributed by atoms with van der Waals surface area (Å²) in [6, 6.07) is 0. The van der Waals surface area contributed by atoms with Crippen molar-refractivity contribution < 1.29 is 4.74 Å². The molecular weight excluding hydrogens is 138 g/mol. The molecule has 0 amide bonds. The normalized spacial score (nSPS) is 27.3. The molecule has 1 unspecified atom stereocenters. The molecule has 0 aromatic rings. The van der Waals surface area contributed by atoms with E-state index in [-0.39, 0.29) is 0 Å². The van der Waals surface area contributed by atoms with Crippen molar-refractivity contribution in [1.82, 2.24) is 4.90 Å². The third-order valence-electron chi connectivity index (χ3n) is 2.12. The van der Waals surface area contributed by atoms with Gasteiger partial charge in [-0.2, -0.15) is 0 Å². The molecule has 1 heterocycles. The van der Waals surface area contributed by atoms with Crippen LogP contribution in [-0.2, 0) is 4.74 Å². The van der Waals surface area contributed by atoms with E-state index in [4.69, 9.17) is 4.74 Å². The zero-order chi connectivity index (χ0) is 8.10. The Hall–Kier alpha value is -0.0800. The Labute approximate surface area is 69.5 Å². The maximum absolute atomic E-state index is 5.02. The van der Waals surface area contributed by atoms with Gasteiger partial charge in [0.15, 0.2) is 0 Å². The van der Waals surface area contributed by atoms with Gasteiger partial charge in [0.25, 0.3) is 0 Å². The lowest BCUT2D eigenvalue weighted by Crippen LogP contribution is -2.27. The zero-order valence-electron chi connectivity index (χ0n) is 7.47. The van der Waals surface area contributed by atoms with E-state index in [9.17, 15) is 0 Å². The molecule has 0 aromatic heterocycles. The fraction of sp³-hybridized carbons (Fsp3) is 0.889. The van der Waals surface area contributed by atoms with Crippen LogP contribution in [0.3, 0.4) is 0 Å². The van der Waals surface area contributed by atoms with E-state index in [1.165, 1.54) is 19.4 Å². The lowest BCUT2D eigenvalue weighted by atomic mass is 9.96. The monoisotopic (exact) mass is 155 g/mol. The molecule has 64 valence electrons. The van der Waals surface area contributed by atoms with Gasteiger partial charge in [0.05, 0.1) is 6.54 Å². The van der Waals surface area contributed by atoms with Gasteiger partial charge in [-0.25, -0.2) is 0 Å². The zero-order valence-corrected chi connectivity index (χ0v) is 7.47. The van der Waals surface area contributed by atoms with Gasteiger partial charge in [0, 0.05) is 13.7 Å². The number of likely N-dealkylation sites (tertiary alicyclic amines) is 1. The maximum atomic E-state index is 5.02. The third kappa shape index (κ3) is 3.21. The number of nitrogens with zero attached hydrogens (tertiary/aromatic N) is 1. The average molecular weight is 155 g/mol. The highest BCUT2D eigenvalue weighted by Gasteiger charge is 2.17. The molecule has 0 N–H and O–H groups in total. The van der Waals surface area contributed by atoms with Crippen LogP contribution < -0.4 is 0 Å². The lowest BCUT2D eigenvalue weighted by Gasteiger charge is -2.27. The minimum absolute atomic E-state index is 0.633. The maximum Gasteiger partial charge on any atom is 0.0648 e. The highest BCUT2D eigenvalue weighted by molar-refractivity contribution is 4.80. The molecular formula is C9H17NO. The molecule has 1 saturated heterocycles. The molecule has 11 heavy (non-hydrogen) atoms. The Kier molecular flexibility index (Phi) is 3.87. The van der Waals surface area contributed by atoms with Gasteiger partial charge in [-0.05, 0) is 38.8 Å². The van der Waals surface area contributed by atoms with E-state index in [2.05, 4.69) is 18.5 Å². The first-order valence-corrected chi connectivity index (χ1v) is 4.29. The topological polar surface area (TPSA) is 12.5 Å². The summed E-state index contributed by atoms with van der Waals surface area (Å²) in [6.07, 6.45) is 3.71. The van der Waals surface area contributed by atoms with Crippen LogP contribution in [0, 0.1) is 12.5 Å². The summed E-state index contributed by atoms with van der Waals surface area (Å²) >= 11 is 0. The van der Waals surface area contributed by atoms with Crippen LogP contribution in [0.15, 0.2) is 0 Å². The van der Waals surface area contributed by atoms with Crippen molar-refractivity contribution in [2.75, 3.05) is 27.3 Å². The van der Waals surface area contributed by atoms with Crippen molar-refractivity contribution in [2.24, 2.45) is 5.92 Å². The number of ether oxygens (including phenoxy) is 1. The molecule has 1 atom stereocenters. The summed E-state index contributed by atoms with van der Waals surface area (Å²) < 4.78 is 5.02. The largest absolute Gasteiger partial charge is 0.385 e. The summed E-state index contributed by atoms with van der Waals surface area (Å²) in [4.78, 5) is 2.17. The van der Waals surface area contributed by atoms with Crippen molar-refractivity contribution >= 4 is 0 Å². The Morgan fingerprint density at radius 2 is 2.45 bits per heavy atom. The van der Waals surface area contributed by atoms with E-state index in [1.54, 1.807) is 7.11 Å². The van der Waals surface area contributed by atoms with Gasteiger partial charge in [-0.1, -0.05) is 0 Å². The molecule has 2 heteroatoms. The van der Waals surface area contributed by atoms with Crippen LogP contribution in [-0.4, -0.2) is 32.2 Å². The highest BCUT2D eigenvalue weighted by atomic mass is 16.5. The van der Waals surface area contributed by atoms with Gasteiger partial charge in [-0.3, -0.25) is 4.90 Å². The Bertz CT molecular complexity index is 106. The third-order valence-corrected chi connectivity index (χ3v) is 2.12. The summed E-state index contributed by atoms with van der Waals surface area (Å²) in [5.41, 5.74) is 0. The van der Waals surface area contributed by atoms with Gasteiger partial charge < -0.3 is 4.74 Å². The van der Waals surface area contributed by atoms with Crippen LogP contribution in [0.4, 0.5) is 0 Å². The molecule has 1 fully saturated rings. The Morgan fingerprint density at radius 3 is 3.09 bits per heavy atom. The summed E-state index contributed by atoms with van der Waals surface area (Å²) in [7, 11) is 3.85. The van der Waals surface area contributed by atoms with Crippen molar-refractivity contribution in [2.45, 2.75) is 19.3 Å². The smallest absolute Gasteiger partial charge is 0.0648 e. The first-order valence-electron chi connectivity index (χ1n) is 4.29. The van der Waals surface area contributed by atoms with Crippen molar-refractivity contribution in [3.63, 3.8) is 0 Å². The molecule has 0 spiro atoms. The van der Waals surface area contributed by atoms with E-state index in [0.29, 0.717) is 5.92 Å². The minimum atomic E-state index is 0.633. The summed E-state index contributed by atoms with van der Waals surface area (Å²) in [5.74, 6) is 0.633. The fourth-order valence-electron chi connectivity index (χ4n) is 1.48. The standard InChI is InChI=1S/C9H17NO/c1-10-6-3-4-9(8-10)5-7-11-2/h9H,3-7H2,1-2H3. The molecule has 2 radical (unpaired) electrons. The fourth-order valence-corrected chi connectivity index (χ4v) is 1.48. The Balaban J connectivity index is 2.12. The number of piperidine rings is 1. The van der Waals surface area contributed by atoms with Gasteiger partial charge >= 0.3 is 0 Å². The van der Waals surface area contributed by atoms with Crippen molar-refractivity contribution in [1.29, 1.82) is 0 Å². The molecule has 2 nitrogen and oxygen atoms in total. The minimum Gasteiger partial charge on any atom is -0.385 e. The van der Waals surface area contributed by atoms with Crippen LogP contribution in [0.5, 0.6) is 0 Å². The second-order valence-electron chi connectivity index (χ2n) is 3.17. The van der Waals surface area contributed by atoms with Gasteiger partial charge in [-0.15, -0.1) is 0 Å². The number of hydrogen-bond donors (Lipinski definition) is 0. The highest BCUT2D eigenvalue weighted by Crippen LogP contribution is 2.21. The Morgan fingerprint density at radius 1 is 1.64 bits per heavy atom. The van der Waals surface area contributed by atoms with E-state index in [1.807, 2.05) is 0 Å². The van der Waals surface area contributed by atoms with Crippen LogP contribution in [0.1, 0.15) is 19.3 Å². The van der Waals surface area contributed by atoms with Crippen molar-refractivity contribution in [3.8, 4) is 0 Å². The van der Waals surface area contributed by atoms with Crippen LogP contribution in [0.2, 0.25) is 0 Å². The molecule has 0 bridgehead atoms.